The first-order chi connectivity index (χ1) is 5.97. The number of aryl methyl sites for hydroxylation is 1. The maximum Gasteiger partial charge on any atom is 0.119 e. The van der Waals surface area contributed by atoms with E-state index in [9.17, 15) is 5.11 Å². The molecule has 2 nitrogen and oxygen atoms in total. The van der Waals surface area contributed by atoms with E-state index in [4.69, 9.17) is 4.74 Å². The zero-order chi connectivity index (χ0) is 9.90. The number of aliphatic hydroxyl groups is 1. The third kappa shape index (κ3) is 3.95. The summed E-state index contributed by atoms with van der Waals surface area (Å²) in [7, 11) is 0. The molecule has 1 aromatic rings. The highest BCUT2D eigenvalue weighted by molar-refractivity contribution is 5.26. The Morgan fingerprint density at radius 2 is 1.77 bits per heavy atom. The van der Waals surface area contributed by atoms with Crippen LogP contribution in [0.2, 0.25) is 0 Å². The van der Waals surface area contributed by atoms with Gasteiger partial charge >= 0.3 is 0 Å². The number of ether oxygens (including phenoxy) is 1. The summed E-state index contributed by atoms with van der Waals surface area (Å²) in [6.07, 6.45) is 0. The van der Waals surface area contributed by atoms with Crippen LogP contribution in [0.3, 0.4) is 0 Å². The van der Waals surface area contributed by atoms with Gasteiger partial charge in [-0.25, -0.2) is 0 Å². The lowest BCUT2D eigenvalue weighted by Crippen LogP contribution is -2.27. The minimum absolute atomic E-state index is 0.316. The van der Waals surface area contributed by atoms with Gasteiger partial charge in [0.15, 0.2) is 0 Å². The van der Waals surface area contributed by atoms with Gasteiger partial charge in [-0.2, -0.15) is 0 Å². The molecule has 72 valence electrons. The summed E-state index contributed by atoms with van der Waals surface area (Å²) >= 11 is 0. The van der Waals surface area contributed by atoms with Gasteiger partial charge < -0.3 is 9.84 Å². The molecule has 0 amide bonds. The summed E-state index contributed by atoms with van der Waals surface area (Å²) in [5.74, 6) is 0.799. The molecule has 1 N–H and O–H groups in total. The van der Waals surface area contributed by atoms with Crippen molar-refractivity contribution in [2.45, 2.75) is 26.4 Å². The van der Waals surface area contributed by atoms with Crippen LogP contribution < -0.4 is 4.74 Å². The first-order valence-electron chi connectivity index (χ1n) is 4.39. The first-order valence-corrected chi connectivity index (χ1v) is 4.39. The molecule has 1 rings (SSSR count). The lowest BCUT2D eigenvalue weighted by Gasteiger charge is -2.17. The monoisotopic (exact) mass is 180 g/mol. The van der Waals surface area contributed by atoms with Crippen molar-refractivity contribution in [3.05, 3.63) is 29.8 Å². The topological polar surface area (TPSA) is 29.5 Å². The van der Waals surface area contributed by atoms with E-state index in [2.05, 4.69) is 0 Å². The fourth-order valence-electron chi connectivity index (χ4n) is 0.894. The van der Waals surface area contributed by atoms with E-state index in [1.807, 2.05) is 31.2 Å². The zero-order valence-corrected chi connectivity index (χ0v) is 8.37. The Labute approximate surface area is 79.2 Å². The second-order valence-corrected chi connectivity index (χ2v) is 3.91. The van der Waals surface area contributed by atoms with E-state index in [1.54, 1.807) is 13.8 Å². The third-order valence-corrected chi connectivity index (χ3v) is 1.61. The van der Waals surface area contributed by atoms with Crippen LogP contribution in [-0.2, 0) is 0 Å². The third-order valence-electron chi connectivity index (χ3n) is 1.61. The average Bonchev–Trinajstić information content (AvgIpc) is 2.02. The number of benzene rings is 1. The summed E-state index contributed by atoms with van der Waals surface area (Å²) in [5, 5.41) is 9.41. The smallest absolute Gasteiger partial charge is 0.119 e. The van der Waals surface area contributed by atoms with Crippen molar-refractivity contribution in [1.29, 1.82) is 0 Å². The van der Waals surface area contributed by atoms with E-state index in [-0.39, 0.29) is 0 Å². The van der Waals surface area contributed by atoms with E-state index >= 15 is 0 Å². The van der Waals surface area contributed by atoms with Gasteiger partial charge in [0.1, 0.15) is 12.4 Å². The van der Waals surface area contributed by atoms with Gasteiger partial charge in [0.25, 0.3) is 0 Å². The molecule has 0 fully saturated rings. The Balaban J connectivity index is 2.51. The molecular weight excluding hydrogens is 164 g/mol. The summed E-state index contributed by atoms with van der Waals surface area (Å²) < 4.78 is 5.38. The van der Waals surface area contributed by atoms with E-state index < -0.39 is 5.60 Å². The first kappa shape index (κ1) is 10.1. The molecule has 0 radical (unpaired) electrons. The Morgan fingerprint density at radius 3 is 2.23 bits per heavy atom. The lowest BCUT2D eigenvalue weighted by atomic mass is 10.2. The Hall–Kier alpha value is -1.02. The Kier molecular flexibility index (Phi) is 2.94. The molecule has 13 heavy (non-hydrogen) atoms. The lowest BCUT2D eigenvalue weighted by molar-refractivity contribution is 0.0285. The highest BCUT2D eigenvalue weighted by atomic mass is 16.5. The minimum Gasteiger partial charge on any atom is -0.491 e. The molecule has 0 aliphatic carbocycles. The highest BCUT2D eigenvalue weighted by Crippen LogP contribution is 2.13. The van der Waals surface area contributed by atoms with Crippen molar-refractivity contribution in [2.24, 2.45) is 0 Å². The molecule has 0 atom stereocenters. The molecule has 0 unspecified atom stereocenters. The molecule has 0 aliphatic rings. The normalized spacial score (nSPS) is 11.4. The quantitative estimate of drug-likeness (QED) is 0.772. The van der Waals surface area contributed by atoms with Gasteiger partial charge in [0, 0.05) is 0 Å². The standard InChI is InChI=1S/C11H16O2/c1-9-4-6-10(7-5-9)13-8-11(2,3)12/h4-7,12H,8H2,1-3H3. The average molecular weight is 180 g/mol. The van der Waals surface area contributed by atoms with Crippen LogP contribution in [0.25, 0.3) is 0 Å². The summed E-state index contributed by atoms with van der Waals surface area (Å²) in [5.41, 5.74) is 0.431. The van der Waals surface area contributed by atoms with Gasteiger partial charge in [0.05, 0.1) is 5.60 Å². The predicted octanol–water partition coefficient (Wildman–Crippen LogP) is 2.14. The highest BCUT2D eigenvalue weighted by Gasteiger charge is 2.12. The molecule has 0 spiro atoms. The second kappa shape index (κ2) is 3.79. The van der Waals surface area contributed by atoms with Crippen molar-refractivity contribution in [3.63, 3.8) is 0 Å². The minimum atomic E-state index is -0.773. The molecule has 2 heteroatoms. The van der Waals surface area contributed by atoms with Crippen molar-refractivity contribution >= 4 is 0 Å². The maximum absolute atomic E-state index is 9.41. The zero-order valence-electron chi connectivity index (χ0n) is 8.37. The van der Waals surface area contributed by atoms with Gasteiger partial charge in [-0.1, -0.05) is 17.7 Å². The van der Waals surface area contributed by atoms with Gasteiger partial charge in [-0.15, -0.1) is 0 Å². The van der Waals surface area contributed by atoms with Crippen molar-refractivity contribution in [1.82, 2.24) is 0 Å². The molecular formula is C11H16O2. The van der Waals surface area contributed by atoms with Gasteiger partial charge in [0.2, 0.25) is 0 Å². The maximum atomic E-state index is 9.41. The van der Waals surface area contributed by atoms with Crippen molar-refractivity contribution in [2.75, 3.05) is 6.61 Å². The largest absolute Gasteiger partial charge is 0.491 e. The van der Waals surface area contributed by atoms with Crippen LogP contribution in [-0.4, -0.2) is 17.3 Å². The van der Waals surface area contributed by atoms with Gasteiger partial charge in [-0.3, -0.25) is 0 Å². The molecule has 0 heterocycles. The molecule has 1 aromatic carbocycles. The van der Waals surface area contributed by atoms with E-state index in [0.29, 0.717) is 6.61 Å². The SMILES string of the molecule is Cc1ccc(OCC(C)(C)O)cc1. The number of hydrogen-bond acceptors (Lipinski definition) is 2. The number of hydrogen-bond donors (Lipinski definition) is 1. The van der Waals surface area contributed by atoms with Crippen LogP contribution in [0.1, 0.15) is 19.4 Å². The van der Waals surface area contributed by atoms with E-state index in [1.165, 1.54) is 5.56 Å². The van der Waals surface area contributed by atoms with Crippen LogP contribution in [0.4, 0.5) is 0 Å². The van der Waals surface area contributed by atoms with Crippen LogP contribution in [0.15, 0.2) is 24.3 Å². The molecule has 0 aromatic heterocycles. The summed E-state index contributed by atoms with van der Waals surface area (Å²) in [6, 6.07) is 7.78. The fourth-order valence-corrected chi connectivity index (χ4v) is 0.894. The van der Waals surface area contributed by atoms with Gasteiger partial charge in [-0.05, 0) is 32.9 Å². The Bertz CT molecular complexity index is 256. The summed E-state index contributed by atoms with van der Waals surface area (Å²) in [6.45, 7) is 5.79. The van der Waals surface area contributed by atoms with Crippen molar-refractivity contribution < 1.29 is 9.84 Å². The fraction of sp³-hybridized carbons (Fsp3) is 0.455. The number of rotatable bonds is 3. The Morgan fingerprint density at radius 1 is 1.23 bits per heavy atom. The molecule has 0 saturated heterocycles. The predicted molar refractivity (Wildman–Crippen MR) is 53.0 cm³/mol. The molecule has 0 bridgehead atoms. The van der Waals surface area contributed by atoms with Crippen LogP contribution >= 0.6 is 0 Å². The van der Waals surface area contributed by atoms with Crippen LogP contribution in [0.5, 0.6) is 5.75 Å². The van der Waals surface area contributed by atoms with Crippen LogP contribution in [0, 0.1) is 6.92 Å². The van der Waals surface area contributed by atoms with E-state index in [0.717, 1.165) is 5.75 Å². The summed E-state index contributed by atoms with van der Waals surface area (Å²) in [4.78, 5) is 0. The molecule has 0 saturated carbocycles. The van der Waals surface area contributed by atoms with Crippen molar-refractivity contribution in [3.8, 4) is 5.75 Å². The second-order valence-electron chi connectivity index (χ2n) is 3.91. The molecule has 0 aliphatic heterocycles.